The first-order valence-corrected chi connectivity index (χ1v) is 6.52. The average Bonchev–Trinajstić information content (AvgIpc) is 2.87. The fourth-order valence-corrected chi connectivity index (χ4v) is 2.34. The summed E-state index contributed by atoms with van der Waals surface area (Å²) in [5.41, 5.74) is 2.45. The lowest BCUT2D eigenvalue weighted by atomic mass is 10.1. The standard InChI is InChI=1S/C15H16N4O2/c1-9-17-14(12-8-16-19(2)15(12)18-9)11-7-10(20-3)5-6-13(11)21-4/h5-8H,1-4H3. The van der Waals surface area contributed by atoms with Gasteiger partial charge in [0.2, 0.25) is 0 Å². The number of hydrogen-bond donors (Lipinski definition) is 0. The Morgan fingerprint density at radius 3 is 2.62 bits per heavy atom. The van der Waals surface area contributed by atoms with E-state index in [1.807, 2.05) is 32.2 Å². The maximum Gasteiger partial charge on any atom is 0.161 e. The first-order chi connectivity index (χ1) is 10.1. The summed E-state index contributed by atoms with van der Waals surface area (Å²) in [6.07, 6.45) is 1.77. The van der Waals surface area contributed by atoms with Gasteiger partial charge in [0.15, 0.2) is 5.65 Å². The zero-order valence-corrected chi connectivity index (χ0v) is 12.4. The van der Waals surface area contributed by atoms with Crippen molar-refractivity contribution in [1.29, 1.82) is 0 Å². The molecular formula is C15H16N4O2. The number of benzene rings is 1. The molecule has 21 heavy (non-hydrogen) atoms. The number of ether oxygens (including phenoxy) is 2. The van der Waals surface area contributed by atoms with E-state index in [2.05, 4.69) is 15.1 Å². The molecule has 0 unspecified atom stereocenters. The Hall–Kier alpha value is -2.63. The zero-order chi connectivity index (χ0) is 15.0. The molecule has 0 radical (unpaired) electrons. The summed E-state index contributed by atoms with van der Waals surface area (Å²) in [5, 5.41) is 5.15. The van der Waals surface area contributed by atoms with Gasteiger partial charge in [-0.3, -0.25) is 4.68 Å². The van der Waals surface area contributed by atoms with E-state index in [1.54, 1.807) is 25.1 Å². The minimum atomic E-state index is 0.686. The molecule has 0 spiro atoms. The van der Waals surface area contributed by atoms with Crippen LogP contribution in [0.15, 0.2) is 24.4 Å². The molecule has 6 heteroatoms. The van der Waals surface area contributed by atoms with Crippen LogP contribution in [0.5, 0.6) is 11.5 Å². The van der Waals surface area contributed by atoms with Crippen molar-refractivity contribution in [2.75, 3.05) is 14.2 Å². The predicted molar refractivity (Wildman–Crippen MR) is 79.6 cm³/mol. The van der Waals surface area contributed by atoms with Gasteiger partial charge in [0.25, 0.3) is 0 Å². The molecule has 0 aliphatic carbocycles. The monoisotopic (exact) mass is 284 g/mol. The maximum atomic E-state index is 5.45. The Labute approximate surface area is 122 Å². The van der Waals surface area contributed by atoms with Crippen molar-refractivity contribution in [2.24, 2.45) is 7.05 Å². The lowest BCUT2D eigenvalue weighted by molar-refractivity contribution is 0.404. The van der Waals surface area contributed by atoms with Crippen LogP contribution >= 0.6 is 0 Å². The fourth-order valence-electron chi connectivity index (χ4n) is 2.34. The van der Waals surface area contributed by atoms with Crippen LogP contribution in [0, 0.1) is 6.92 Å². The van der Waals surface area contributed by atoms with Crippen molar-refractivity contribution in [3.63, 3.8) is 0 Å². The molecule has 0 atom stereocenters. The molecule has 0 aliphatic rings. The molecule has 108 valence electrons. The van der Waals surface area contributed by atoms with E-state index >= 15 is 0 Å². The normalized spacial score (nSPS) is 10.9. The van der Waals surface area contributed by atoms with Gasteiger partial charge in [-0.1, -0.05) is 0 Å². The van der Waals surface area contributed by atoms with E-state index in [4.69, 9.17) is 9.47 Å². The second-order valence-corrected chi connectivity index (χ2v) is 4.69. The van der Waals surface area contributed by atoms with Gasteiger partial charge in [-0.25, -0.2) is 9.97 Å². The van der Waals surface area contributed by atoms with E-state index in [-0.39, 0.29) is 0 Å². The molecule has 1 aromatic carbocycles. The van der Waals surface area contributed by atoms with Crippen molar-refractivity contribution in [3.8, 4) is 22.8 Å². The van der Waals surface area contributed by atoms with Crippen molar-refractivity contribution in [3.05, 3.63) is 30.2 Å². The van der Waals surface area contributed by atoms with E-state index in [0.717, 1.165) is 33.8 Å². The third kappa shape index (κ3) is 2.18. The van der Waals surface area contributed by atoms with Gasteiger partial charge < -0.3 is 9.47 Å². The van der Waals surface area contributed by atoms with Crippen LogP contribution in [0.3, 0.4) is 0 Å². The Kier molecular flexibility index (Phi) is 3.21. The third-order valence-electron chi connectivity index (χ3n) is 3.37. The van der Waals surface area contributed by atoms with Gasteiger partial charge in [-0.05, 0) is 25.1 Å². The largest absolute Gasteiger partial charge is 0.497 e. The summed E-state index contributed by atoms with van der Waals surface area (Å²) in [5.74, 6) is 2.17. The van der Waals surface area contributed by atoms with Gasteiger partial charge in [0, 0.05) is 12.6 Å². The second-order valence-electron chi connectivity index (χ2n) is 4.69. The highest BCUT2D eigenvalue weighted by Gasteiger charge is 2.16. The molecule has 0 N–H and O–H groups in total. The van der Waals surface area contributed by atoms with Crippen LogP contribution in [0.2, 0.25) is 0 Å². The van der Waals surface area contributed by atoms with Gasteiger partial charge in [0.05, 0.1) is 31.5 Å². The summed E-state index contributed by atoms with van der Waals surface area (Å²) in [6.45, 7) is 1.86. The van der Waals surface area contributed by atoms with Crippen LogP contribution in [0.4, 0.5) is 0 Å². The van der Waals surface area contributed by atoms with Crippen LogP contribution < -0.4 is 9.47 Å². The fraction of sp³-hybridized carbons (Fsp3) is 0.267. The third-order valence-corrected chi connectivity index (χ3v) is 3.37. The number of methoxy groups -OCH3 is 2. The van der Waals surface area contributed by atoms with E-state index in [1.165, 1.54) is 0 Å². The number of rotatable bonds is 3. The molecule has 6 nitrogen and oxygen atoms in total. The van der Waals surface area contributed by atoms with E-state index in [0.29, 0.717) is 5.82 Å². The quantitative estimate of drug-likeness (QED) is 0.739. The number of hydrogen-bond acceptors (Lipinski definition) is 5. The van der Waals surface area contributed by atoms with Gasteiger partial charge in [0.1, 0.15) is 17.3 Å². The molecule has 2 heterocycles. The van der Waals surface area contributed by atoms with Gasteiger partial charge >= 0.3 is 0 Å². The highest BCUT2D eigenvalue weighted by Crippen LogP contribution is 2.35. The summed E-state index contributed by atoms with van der Waals surface area (Å²) in [6, 6.07) is 5.64. The highest BCUT2D eigenvalue weighted by atomic mass is 16.5. The van der Waals surface area contributed by atoms with Crippen molar-refractivity contribution < 1.29 is 9.47 Å². The van der Waals surface area contributed by atoms with Crippen LogP contribution in [0.25, 0.3) is 22.3 Å². The molecule has 0 saturated carbocycles. The van der Waals surface area contributed by atoms with Crippen LogP contribution in [-0.2, 0) is 7.05 Å². The number of aromatic nitrogens is 4. The molecule has 0 amide bonds. The summed E-state index contributed by atoms with van der Waals surface area (Å²) in [7, 11) is 5.14. The highest BCUT2D eigenvalue weighted by molar-refractivity contribution is 5.92. The molecule has 0 bridgehead atoms. The molecular weight excluding hydrogens is 268 g/mol. The van der Waals surface area contributed by atoms with E-state index in [9.17, 15) is 0 Å². The van der Waals surface area contributed by atoms with Gasteiger partial charge in [-0.2, -0.15) is 5.10 Å². The second kappa shape index (κ2) is 5.05. The van der Waals surface area contributed by atoms with Crippen molar-refractivity contribution in [2.45, 2.75) is 6.92 Å². The van der Waals surface area contributed by atoms with Crippen molar-refractivity contribution in [1.82, 2.24) is 19.7 Å². The Morgan fingerprint density at radius 2 is 1.90 bits per heavy atom. The Bertz CT molecular complexity index is 811. The molecule has 0 aliphatic heterocycles. The topological polar surface area (TPSA) is 62.1 Å². The SMILES string of the molecule is COc1ccc(OC)c(-c2nc(C)nc3c2cnn3C)c1. The summed E-state index contributed by atoms with van der Waals surface area (Å²) < 4.78 is 12.5. The van der Waals surface area contributed by atoms with Crippen LogP contribution in [0.1, 0.15) is 5.82 Å². The molecule has 0 saturated heterocycles. The summed E-state index contributed by atoms with van der Waals surface area (Å²) in [4.78, 5) is 9.01. The van der Waals surface area contributed by atoms with Crippen LogP contribution in [-0.4, -0.2) is 34.0 Å². The molecule has 3 aromatic rings. The van der Waals surface area contributed by atoms with Gasteiger partial charge in [-0.15, -0.1) is 0 Å². The lowest BCUT2D eigenvalue weighted by Crippen LogP contribution is -1.98. The first-order valence-electron chi connectivity index (χ1n) is 6.52. The number of nitrogens with zero attached hydrogens (tertiary/aromatic N) is 4. The smallest absolute Gasteiger partial charge is 0.161 e. The zero-order valence-electron chi connectivity index (χ0n) is 12.4. The Balaban J connectivity index is 2.34. The summed E-state index contributed by atoms with van der Waals surface area (Å²) >= 11 is 0. The number of aryl methyl sites for hydroxylation is 2. The number of fused-ring (bicyclic) bond motifs is 1. The first kappa shape index (κ1) is 13.4. The molecule has 3 rings (SSSR count). The minimum Gasteiger partial charge on any atom is -0.497 e. The molecule has 2 aromatic heterocycles. The Morgan fingerprint density at radius 1 is 1.10 bits per heavy atom. The average molecular weight is 284 g/mol. The van der Waals surface area contributed by atoms with Crippen molar-refractivity contribution >= 4 is 11.0 Å². The predicted octanol–water partition coefficient (Wildman–Crippen LogP) is 2.36. The lowest BCUT2D eigenvalue weighted by Gasteiger charge is -2.11. The minimum absolute atomic E-state index is 0.686. The molecule has 0 fully saturated rings. The van der Waals surface area contributed by atoms with E-state index < -0.39 is 0 Å². The maximum absolute atomic E-state index is 5.45.